The van der Waals surface area contributed by atoms with Crippen molar-refractivity contribution in [2.45, 2.75) is 20.3 Å². The third-order valence-electron chi connectivity index (χ3n) is 2.77. The molecule has 0 saturated carbocycles. The molecule has 0 aromatic carbocycles. The van der Waals surface area contributed by atoms with Gasteiger partial charge in [0.2, 0.25) is 0 Å². The van der Waals surface area contributed by atoms with Crippen LogP contribution in [0.3, 0.4) is 0 Å². The Morgan fingerprint density at radius 2 is 2.11 bits per heavy atom. The molecule has 2 N–H and O–H groups in total. The summed E-state index contributed by atoms with van der Waals surface area (Å²) >= 11 is 0. The minimum Gasteiger partial charge on any atom is -0.397 e. The van der Waals surface area contributed by atoms with Crippen LogP contribution in [0.4, 0.5) is 5.69 Å². The van der Waals surface area contributed by atoms with Crippen LogP contribution in [0.1, 0.15) is 19.5 Å². The molecule has 0 bridgehead atoms. The first kappa shape index (κ1) is 14.9. The quantitative estimate of drug-likeness (QED) is 0.765. The van der Waals surface area contributed by atoms with E-state index in [1.165, 1.54) is 0 Å². The Morgan fingerprint density at radius 1 is 1.33 bits per heavy atom. The molecule has 0 radical (unpaired) electrons. The van der Waals surface area contributed by atoms with Gasteiger partial charge in [-0.1, -0.05) is 13.8 Å². The zero-order valence-corrected chi connectivity index (χ0v) is 11.7. The lowest BCUT2D eigenvalue weighted by Crippen LogP contribution is -2.33. The van der Waals surface area contributed by atoms with Crippen molar-refractivity contribution in [1.82, 2.24) is 9.88 Å². The van der Waals surface area contributed by atoms with Gasteiger partial charge in [0.15, 0.2) is 0 Å². The predicted octanol–water partition coefficient (Wildman–Crippen LogP) is 1.81. The minimum atomic E-state index is 0.668. The molecule has 1 aromatic heterocycles. The molecule has 4 nitrogen and oxygen atoms in total. The van der Waals surface area contributed by atoms with Crippen LogP contribution in [0.2, 0.25) is 0 Å². The zero-order valence-electron chi connectivity index (χ0n) is 11.7. The van der Waals surface area contributed by atoms with E-state index in [1.54, 1.807) is 13.3 Å². The maximum absolute atomic E-state index is 5.62. The number of rotatable bonds is 8. The normalized spacial score (nSPS) is 11.4. The van der Waals surface area contributed by atoms with Crippen LogP contribution in [0.15, 0.2) is 18.3 Å². The van der Waals surface area contributed by atoms with Gasteiger partial charge in [0.25, 0.3) is 0 Å². The fraction of sp³-hybridized carbons (Fsp3) is 0.643. The van der Waals surface area contributed by atoms with Gasteiger partial charge in [-0.3, -0.25) is 4.98 Å². The maximum atomic E-state index is 5.62. The number of hydrogen-bond acceptors (Lipinski definition) is 4. The number of nitrogens with two attached hydrogens (primary N) is 1. The van der Waals surface area contributed by atoms with Gasteiger partial charge in [0.05, 0.1) is 18.5 Å². The van der Waals surface area contributed by atoms with Crippen LogP contribution in [0.5, 0.6) is 0 Å². The number of nitrogen functional groups attached to an aromatic ring is 1. The van der Waals surface area contributed by atoms with Gasteiger partial charge in [-0.15, -0.1) is 0 Å². The first-order chi connectivity index (χ1) is 8.61. The molecule has 0 aliphatic heterocycles. The lowest BCUT2D eigenvalue weighted by atomic mass is 10.2. The summed E-state index contributed by atoms with van der Waals surface area (Å²) in [6, 6.07) is 3.91. The Hall–Kier alpha value is -1.13. The van der Waals surface area contributed by atoms with Crippen molar-refractivity contribution in [3.05, 3.63) is 24.0 Å². The first-order valence-electron chi connectivity index (χ1n) is 6.53. The van der Waals surface area contributed by atoms with Crippen LogP contribution < -0.4 is 5.73 Å². The third-order valence-corrected chi connectivity index (χ3v) is 2.77. The lowest BCUT2D eigenvalue weighted by molar-refractivity contribution is 0.140. The lowest BCUT2D eigenvalue weighted by Gasteiger charge is -2.23. The topological polar surface area (TPSA) is 51.4 Å². The molecule has 102 valence electrons. The summed E-state index contributed by atoms with van der Waals surface area (Å²) in [4.78, 5) is 6.75. The molecular formula is C14H25N3O. The Kier molecular flexibility index (Phi) is 6.68. The van der Waals surface area contributed by atoms with Gasteiger partial charge in [0, 0.05) is 38.9 Å². The molecule has 0 atom stereocenters. The molecule has 0 spiro atoms. The van der Waals surface area contributed by atoms with Crippen molar-refractivity contribution in [2.75, 3.05) is 39.1 Å². The number of hydrogen-bond donors (Lipinski definition) is 1. The summed E-state index contributed by atoms with van der Waals surface area (Å²) in [6.45, 7) is 8.34. The highest BCUT2D eigenvalue weighted by Crippen LogP contribution is 2.04. The van der Waals surface area contributed by atoms with E-state index in [9.17, 15) is 0 Å². The Labute approximate surface area is 110 Å². The van der Waals surface area contributed by atoms with Gasteiger partial charge in [-0.05, 0) is 18.1 Å². The summed E-state index contributed by atoms with van der Waals surface area (Å²) < 4.78 is 5.15. The monoisotopic (exact) mass is 251 g/mol. The number of pyridine rings is 1. The van der Waals surface area contributed by atoms with Crippen molar-refractivity contribution in [1.29, 1.82) is 0 Å². The molecule has 0 saturated heterocycles. The molecule has 18 heavy (non-hydrogen) atoms. The van der Waals surface area contributed by atoms with Crippen LogP contribution >= 0.6 is 0 Å². The molecule has 0 aliphatic rings. The van der Waals surface area contributed by atoms with Crippen LogP contribution in [-0.2, 0) is 11.2 Å². The maximum Gasteiger partial charge on any atom is 0.0589 e. The van der Waals surface area contributed by atoms with E-state index < -0.39 is 0 Å². The van der Waals surface area contributed by atoms with Crippen LogP contribution in [0, 0.1) is 5.92 Å². The van der Waals surface area contributed by atoms with E-state index in [4.69, 9.17) is 10.5 Å². The minimum absolute atomic E-state index is 0.668. The highest BCUT2D eigenvalue weighted by molar-refractivity contribution is 5.34. The number of methoxy groups -OCH3 is 1. The van der Waals surface area contributed by atoms with Crippen LogP contribution in [0.25, 0.3) is 0 Å². The summed E-state index contributed by atoms with van der Waals surface area (Å²) in [5.41, 5.74) is 7.44. The first-order valence-corrected chi connectivity index (χ1v) is 6.53. The molecule has 0 fully saturated rings. The SMILES string of the molecule is COCCN(CCc1ccc(N)cn1)CC(C)C. The molecule has 0 amide bonds. The van der Waals surface area contributed by atoms with E-state index >= 15 is 0 Å². The summed E-state index contributed by atoms with van der Waals surface area (Å²) in [6.07, 6.45) is 2.67. The van der Waals surface area contributed by atoms with Gasteiger partial charge < -0.3 is 15.4 Å². The number of nitrogens with zero attached hydrogens (tertiary/aromatic N) is 2. The highest BCUT2D eigenvalue weighted by atomic mass is 16.5. The fourth-order valence-electron chi connectivity index (χ4n) is 1.89. The fourth-order valence-corrected chi connectivity index (χ4v) is 1.89. The van der Waals surface area contributed by atoms with Gasteiger partial charge in [0.1, 0.15) is 0 Å². The number of aromatic nitrogens is 1. The Bertz CT molecular complexity index is 324. The van der Waals surface area contributed by atoms with Crippen molar-refractivity contribution < 1.29 is 4.74 Å². The van der Waals surface area contributed by atoms with Crippen molar-refractivity contribution in [2.24, 2.45) is 5.92 Å². The van der Waals surface area contributed by atoms with E-state index in [-0.39, 0.29) is 0 Å². The summed E-state index contributed by atoms with van der Waals surface area (Å²) in [7, 11) is 1.75. The van der Waals surface area contributed by atoms with E-state index in [2.05, 4.69) is 23.7 Å². The van der Waals surface area contributed by atoms with Crippen molar-refractivity contribution in [3.63, 3.8) is 0 Å². The van der Waals surface area contributed by atoms with E-state index in [0.29, 0.717) is 5.92 Å². The number of ether oxygens (including phenoxy) is 1. The molecular weight excluding hydrogens is 226 g/mol. The summed E-state index contributed by atoms with van der Waals surface area (Å²) in [5, 5.41) is 0. The van der Waals surface area contributed by atoms with E-state index in [1.807, 2.05) is 12.1 Å². The highest BCUT2D eigenvalue weighted by Gasteiger charge is 2.07. The standard InChI is InChI=1S/C14H25N3O/c1-12(2)11-17(8-9-18-3)7-6-14-5-4-13(15)10-16-14/h4-5,10,12H,6-9,11,15H2,1-3H3. The third kappa shape index (κ3) is 5.98. The molecule has 0 unspecified atom stereocenters. The van der Waals surface area contributed by atoms with Crippen molar-refractivity contribution >= 4 is 5.69 Å². The molecule has 1 heterocycles. The largest absolute Gasteiger partial charge is 0.397 e. The summed E-state index contributed by atoms with van der Waals surface area (Å²) in [5.74, 6) is 0.668. The van der Waals surface area contributed by atoms with Crippen LogP contribution in [-0.4, -0.2) is 43.2 Å². The van der Waals surface area contributed by atoms with Crippen molar-refractivity contribution in [3.8, 4) is 0 Å². The van der Waals surface area contributed by atoms with Gasteiger partial charge in [-0.25, -0.2) is 0 Å². The Balaban J connectivity index is 2.42. The second kappa shape index (κ2) is 8.06. The van der Waals surface area contributed by atoms with Gasteiger partial charge >= 0.3 is 0 Å². The second-order valence-corrected chi connectivity index (χ2v) is 5.02. The molecule has 0 aliphatic carbocycles. The molecule has 4 heteroatoms. The second-order valence-electron chi connectivity index (χ2n) is 5.02. The average Bonchev–Trinajstić information content (AvgIpc) is 2.34. The molecule has 1 rings (SSSR count). The molecule has 1 aromatic rings. The number of anilines is 1. The average molecular weight is 251 g/mol. The predicted molar refractivity (Wildman–Crippen MR) is 75.5 cm³/mol. The smallest absolute Gasteiger partial charge is 0.0589 e. The van der Waals surface area contributed by atoms with E-state index in [0.717, 1.165) is 44.0 Å². The van der Waals surface area contributed by atoms with Gasteiger partial charge in [-0.2, -0.15) is 0 Å². The Morgan fingerprint density at radius 3 is 2.67 bits per heavy atom. The zero-order chi connectivity index (χ0) is 13.4.